The Morgan fingerprint density at radius 3 is 2.52 bits per heavy atom. The number of aryl methyl sites for hydroxylation is 1. The third-order valence-corrected chi connectivity index (χ3v) is 6.31. The van der Waals surface area contributed by atoms with E-state index in [-0.39, 0.29) is 11.4 Å². The predicted octanol–water partition coefficient (Wildman–Crippen LogP) is 2.95. The second-order valence-electron chi connectivity index (χ2n) is 6.52. The monoisotopic (exact) mass is 353 g/mol. The van der Waals surface area contributed by atoms with Gasteiger partial charge in [-0.25, -0.2) is 13.1 Å². The van der Waals surface area contributed by atoms with Gasteiger partial charge >= 0.3 is 0 Å². The second kappa shape index (κ2) is 5.95. The van der Waals surface area contributed by atoms with Crippen LogP contribution in [0.3, 0.4) is 0 Å². The number of aliphatic hydroxyl groups is 1. The molecule has 0 radical (unpaired) electrons. The number of rotatable bonds is 4. The zero-order valence-corrected chi connectivity index (χ0v) is 14.5. The van der Waals surface area contributed by atoms with Gasteiger partial charge in [-0.15, -0.1) is 0 Å². The normalized spacial score (nSPS) is 19.9. The van der Waals surface area contributed by atoms with E-state index in [2.05, 4.69) is 4.72 Å². The van der Waals surface area contributed by atoms with E-state index in [0.717, 1.165) is 28.3 Å². The Bertz CT molecular complexity index is 1050. The summed E-state index contributed by atoms with van der Waals surface area (Å²) in [4.78, 5) is 0.209. The predicted molar refractivity (Wildman–Crippen MR) is 97.8 cm³/mol. The lowest BCUT2D eigenvalue weighted by molar-refractivity contribution is 0.0442. The molecule has 2 N–H and O–H groups in total. The van der Waals surface area contributed by atoms with Crippen molar-refractivity contribution in [1.82, 2.24) is 4.72 Å². The highest BCUT2D eigenvalue weighted by Crippen LogP contribution is 2.36. The highest BCUT2D eigenvalue weighted by molar-refractivity contribution is 7.89. The van der Waals surface area contributed by atoms with E-state index in [1.165, 1.54) is 0 Å². The van der Waals surface area contributed by atoms with E-state index in [9.17, 15) is 13.5 Å². The van der Waals surface area contributed by atoms with Crippen molar-refractivity contribution in [2.75, 3.05) is 6.54 Å². The first-order valence-electron chi connectivity index (χ1n) is 8.27. The summed E-state index contributed by atoms with van der Waals surface area (Å²) in [7, 11) is -3.69. The smallest absolute Gasteiger partial charge is 0.240 e. The fraction of sp³-hybridized carbons (Fsp3) is 0.200. The van der Waals surface area contributed by atoms with E-state index in [0.29, 0.717) is 6.42 Å². The Kier molecular flexibility index (Phi) is 3.87. The van der Waals surface area contributed by atoms with Crippen molar-refractivity contribution in [3.8, 4) is 0 Å². The molecule has 5 heteroatoms. The summed E-state index contributed by atoms with van der Waals surface area (Å²) in [6.45, 7) is -0.0286. The van der Waals surface area contributed by atoms with Crippen LogP contribution < -0.4 is 4.72 Å². The summed E-state index contributed by atoms with van der Waals surface area (Å²) in [6.07, 6.45) is 1.27. The van der Waals surface area contributed by atoms with E-state index in [1.54, 1.807) is 18.2 Å². The molecule has 0 saturated carbocycles. The Labute approximate surface area is 147 Å². The van der Waals surface area contributed by atoms with Crippen molar-refractivity contribution in [1.29, 1.82) is 0 Å². The van der Waals surface area contributed by atoms with Gasteiger partial charge in [-0.05, 0) is 46.9 Å². The first-order valence-corrected chi connectivity index (χ1v) is 9.76. The van der Waals surface area contributed by atoms with Gasteiger partial charge in [0.05, 0.1) is 4.90 Å². The van der Waals surface area contributed by atoms with E-state index in [4.69, 9.17) is 0 Å². The third-order valence-electron chi connectivity index (χ3n) is 4.91. The Morgan fingerprint density at radius 2 is 1.68 bits per heavy atom. The number of benzene rings is 3. The van der Waals surface area contributed by atoms with Crippen molar-refractivity contribution in [3.05, 3.63) is 77.9 Å². The maximum Gasteiger partial charge on any atom is 0.240 e. The Morgan fingerprint density at radius 1 is 0.960 bits per heavy atom. The van der Waals surface area contributed by atoms with Gasteiger partial charge in [-0.1, -0.05) is 54.6 Å². The Balaban J connectivity index is 1.59. The van der Waals surface area contributed by atoms with Gasteiger partial charge in [-0.3, -0.25) is 0 Å². The van der Waals surface area contributed by atoms with Crippen LogP contribution in [0.1, 0.15) is 17.5 Å². The van der Waals surface area contributed by atoms with Gasteiger partial charge < -0.3 is 5.11 Å². The minimum absolute atomic E-state index is 0.0286. The highest BCUT2D eigenvalue weighted by atomic mass is 32.2. The van der Waals surface area contributed by atoms with Gasteiger partial charge in [0.2, 0.25) is 10.0 Å². The van der Waals surface area contributed by atoms with Crippen molar-refractivity contribution < 1.29 is 13.5 Å². The van der Waals surface area contributed by atoms with Crippen LogP contribution in [0.15, 0.2) is 71.6 Å². The molecule has 4 nitrogen and oxygen atoms in total. The van der Waals surface area contributed by atoms with Crippen LogP contribution >= 0.6 is 0 Å². The largest absolute Gasteiger partial charge is 0.384 e. The minimum atomic E-state index is -3.69. The average molecular weight is 353 g/mol. The first-order chi connectivity index (χ1) is 12.0. The molecule has 0 saturated heterocycles. The molecule has 3 aromatic carbocycles. The van der Waals surface area contributed by atoms with Crippen molar-refractivity contribution in [2.45, 2.75) is 23.3 Å². The minimum Gasteiger partial charge on any atom is -0.384 e. The molecule has 0 amide bonds. The molecule has 4 rings (SSSR count). The van der Waals surface area contributed by atoms with Crippen LogP contribution in [0.4, 0.5) is 0 Å². The molecule has 1 atom stereocenters. The van der Waals surface area contributed by atoms with Crippen molar-refractivity contribution in [2.24, 2.45) is 0 Å². The van der Waals surface area contributed by atoms with Crippen LogP contribution in [0.2, 0.25) is 0 Å². The lowest BCUT2D eigenvalue weighted by Crippen LogP contribution is -2.39. The lowest BCUT2D eigenvalue weighted by atomic mass is 9.96. The number of sulfonamides is 1. The van der Waals surface area contributed by atoms with Crippen molar-refractivity contribution >= 4 is 20.8 Å². The average Bonchev–Trinajstić information content (AvgIpc) is 2.98. The molecule has 1 aliphatic rings. The van der Waals surface area contributed by atoms with Gasteiger partial charge in [0, 0.05) is 6.54 Å². The molecule has 1 unspecified atom stereocenters. The quantitative estimate of drug-likeness (QED) is 0.758. The number of hydrogen-bond donors (Lipinski definition) is 2. The summed E-state index contributed by atoms with van der Waals surface area (Å²) < 4.78 is 27.9. The second-order valence-corrected chi connectivity index (χ2v) is 8.29. The number of nitrogens with one attached hydrogen (secondary N) is 1. The molecular weight excluding hydrogens is 334 g/mol. The van der Waals surface area contributed by atoms with Crippen LogP contribution in [0, 0.1) is 0 Å². The van der Waals surface area contributed by atoms with Crippen LogP contribution in [-0.2, 0) is 22.0 Å². The molecule has 25 heavy (non-hydrogen) atoms. The molecule has 0 fully saturated rings. The summed E-state index contributed by atoms with van der Waals surface area (Å²) in [5, 5.41) is 12.8. The molecule has 0 heterocycles. The topological polar surface area (TPSA) is 66.4 Å². The first kappa shape index (κ1) is 16.3. The van der Waals surface area contributed by atoms with Gasteiger partial charge in [0.25, 0.3) is 0 Å². The Hall–Kier alpha value is -2.21. The maximum atomic E-state index is 12.7. The summed E-state index contributed by atoms with van der Waals surface area (Å²) in [6, 6.07) is 20.3. The molecule has 0 spiro atoms. The van der Waals surface area contributed by atoms with Crippen molar-refractivity contribution in [3.63, 3.8) is 0 Å². The molecule has 3 aromatic rings. The summed E-state index contributed by atoms with van der Waals surface area (Å²) >= 11 is 0. The molecule has 0 bridgehead atoms. The zero-order chi connectivity index (χ0) is 17.5. The SMILES string of the molecule is O=S(=O)(NCC1(O)CCc2ccccc21)c1ccc2ccccc2c1. The van der Waals surface area contributed by atoms with Crippen LogP contribution in [0.5, 0.6) is 0 Å². The fourth-order valence-electron chi connectivity index (χ4n) is 3.48. The highest BCUT2D eigenvalue weighted by Gasteiger charge is 2.37. The van der Waals surface area contributed by atoms with Gasteiger partial charge in [-0.2, -0.15) is 0 Å². The summed E-state index contributed by atoms with van der Waals surface area (Å²) in [5.74, 6) is 0. The molecule has 0 aliphatic heterocycles. The number of hydrogen-bond acceptors (Lipinski definition) is 3. The van der Waals surface area contributed by atoms with Crippen LogP contribution in [0.25, 0.3) is 10.8 Å². The van der Waals surface area contributed by atoms with Crippen LogP contribution in [-0.4, -0.2) is 20.1 Å². The van der Waals surface area contributed by atoms with Gasteiger partial charge in [0.1, 0.15) is 5.60 Å². The molecular formula is C20H19NO3S. The van der Waals surface area contributed by atoms with E-state index < -0.39 is 15.6 Å². The van der Waals surface area contributed by atoms with E-state index in [1.807, 2.05) is 48.5 Å². The fourth-order valence-corrected chi connectivity index (χ4v) is 4.61. The summed E-state index contributed by atoms with van der Waals surface area (Å²) in [5.41, 5.74) is 0.742. The molecule has 0 aromatic heterocycles. The van der Waals surface area contributed by atoms with Gasteiger partial charge in [0.15, 0.2) is 0 Å². The standard InChI is InChI=1S/C20H19NO3S/c22-20(12-11-16-6-3-4-8-19(16)20)14-21-25(23,24)18-10-9-15-5-1-2-7-17(15)13-18/h1-10,13,21-22H,11-12,14H2. The number of fused-ring (bicyclic) bond motifs is 2. The third kappa shape index (κ3) is 2.95. The lowest BCUT2D eigenvalue weighted by Gasteiger charge is -2.24. The molecule has 1 aliphatic carbocycles. The maximum absolute atomic E-state index is 12.7. The zero-order valence-electron chi connectivity index (χ0n) is 13.6. The molecule has 128 valence electrons. The van der Waals surface area contributed by atoms with E-state index >= 15 is 0 Å².